The SMILES string of the molecule is N#Cc1ccccc1-c1ccc2c(c1)c1ccccc1n2-c1cc(C#N)c(-c2c(C(F)(F)F)cccc2C(F)(F)F)cc1-n1c2ccccc2c2cc(-c3ccccc3C#N)ccc21. The zero-order valence-corrected chi connectivity index (χ0v) is 33.1. The van der Waals surface area contributed by atoms with Crippen LogP contribution in [0.3, 0.4) is 0 Å². The molecule has 5 nitrogen and oxygen atoms in total. The van der Waals surface area contributed by atoms with Crippen LogP contribution in [0.4, 0.5) is 26.3 Å². The smallest absolute Gasteiger partial charge is 0.307 e. The van der Waals surface area contributed by atoms with Crippen LogP contribution in [0.5, 0.6) is 0 Å². The summed E-state index contributed by atoms with van der Waals surface area (Å²) in [7, 11) is 0. The van der Waals surface area contributed by atoms with Crippen LogP contribution < -0.4 is 0 Å². The predicted molar refractivity (Wildman–Crippen MR) is 236 cm³/mol. The topological polar surface area (TPSA) is 81.2 Å². The van der Waals surface area contributed by atoms with E-state index in [2.05, 4.69) is 12.1 Å². The Hall–Kier alpha value is -8.59. The largest absolute Gasteiger partial charge is 0.417 e. The van der Waals surface area contributed by atoms with Crippen LogP contribution in [-0.2, 0) is 12.4 Å². The van der Waals surface area contributed by atoms with E-state index in [1.54, 1.807) is 34.9 Å². The Balaban J connectivity index is 1.36. The lowest BCUT2D eigenvalue weighted by molar-refractivity contribution is -0.142. The Bertz CT molecular complexity index is 3670. The van der Waals surface area contributed by atoms with E-state index >= 15 is 0 Å². The second-order valence-electron chi connectivity index (χ2n) is 15.2. The van der Waals surface area contributed by atoms with E-state index in [4.69, 9.17) is 0 Å². The Morgan fingerprint density at radius 1 is 0.359 bits per heavy atom. The van der Waals surface area contributed by atoms with Gasteiger partial charge in [0.05, 0.1) is 79.5 Å². The summed E-state index contributed by atoms with van der Waals surface area (Å²) in [5.74, 6) is 0. The lowest BCUT2D eigenvalue weighted by Gasteiger charge is -2.23. The molecule has 0 aliphatic heterocycles. The van der Waals surface area contributed by atoms with Crippen LogP contribution in [0.25, 0.3) is 88.4 Å². The van der Waals surface area contributed by atoms with Crippen molar-refractivity contribution in [1.82, 2.24) is 9.13 Å². The van der Waals surface area contributed by atoms with Gasteiger partial charge in [-0.25, -0.2) is 0 Å². The molecule has 0 atom stereocenters. The predicted octanol–water partition coefficient (Wildman–Crippen LogP) is 14.5. The highest BCUT2D eigenvalue weighted by Gasteiger charge is 2.42. The quantitative estimate of drug-likeness (QED) is 0.162. The summed E-state index contributed by atoms with van der Waals surface area (Å²) in [6.07, 6.45) is -10.4. The standard InChI is InChI=1S/C53H27F6N5/c54-52(55,56)43-16-9-17-44(53(57,58)59)51(43)40-27-50(64-46-19-8-6-15-39(46)42-25-32(21-23-48(42)64)37-13-4-2-11-34(37)29-61)49(26-35(40)30-62)63-45-18-7-5-14-38(45)41-24-31(20-22-47(41)63)36-12-3-1-10-33(36)28-60/h1-27H. The molecule has 0 saturated carbocycles. The number of aromatic nitrogens is 2. The Labute approximate surface area is 360 Å². The number of nitrogens with zero attached hydrogens (tertiary/aromatic N) is 5. The first-order chi connectivity index (χ1) is 30.9. The van der Waals surface area contributed by atoms with Crippen LogP contribution in [-0.4, -0.2) is 9.13 Å². The summed E-state index contributed by atoms with van der Waals surface area (Å²) in [6.45, 7) is 0. The molecule has 0 bridgehead atoms. The molecule has 10 rings (SSSR count). The van der Waals surface area contributed by atoms with Gasteiger partial charge in [-0.05, 0) is 95.1 Å². The molecule has 306 valence electrons. The monoisotopic (exact) mass is 847 g/mol. The summed E-state index contributed by atoms with van der Waals surface area (Å²) in [4.78, 5) is 0. The zero-order chi connectivity index (χ0) is 44.5. The lowest BCUT2D eigenvalue weighted by Crippen LogP contribution is -2.15. The molecule has 10 aromatic rings. The molecule has 64 heavy (non-hydrogen) atoms. The van der Waals surface area contributed by atoms with Crippen LogP contribution in [0.1, 0.15) is 27.8 Å². The summed E-state index contributed by atoms with van der Waals surface area (Å²) < 4.78 is 93.2. The van der Waals surface area contributed by atoms with E-state index < -0.39 is 40.2 Å². The first-order valence-electron chi connectivity index (χ1n) is 19.8. The molecule has 0 unspecified atom stereocenters. The molecule has 0 fully saturated rings. The van der Waals surface area contributed by atoms with Crippen molar-refractivity contribution in [1.29, 1.82) is 15.8 Å². The van der Waals surface area contributed by atoms with Crippen molar-refractivity contribution < 1.29 is 26.3 Å². The maximum absolute atomic E-state index is 14.9. The van der Waals surface area contributed by atoms with Crippen LogP contribution in [0, 0.1) is 34.0 Å². The number of alkyl halides is 6. The summed E-state index contributed by atoms with van der Waals surface area (Å²) in [5, 5.41) is 33.6. The summed E-state index contributed by atoms with van der Waals surface area (Å²) in [5.41, 5.74) is 1.45. The van der Waals surface area contributed by atoms with Gasteiger partial charge >= 0.3 is 12.4 Å². The molecule has 2 heterocycles. The maximum Gasteiger partial charge on any atom is 0.417 e. The van der Waals surface area contributed by atoms with Crippen molar-refractivity contribution in [2.75, 3.05) is 0 Å². The Morgan fingerprint density at radius 2 is 0.766 bits per heavy atom. The normalized spacial score (nSPS) is 11.9. The number of hydrogen-bond acceptors (Lipinski definition) is 3. The van der Waals surface area contributed by atoms with Crippen molar-refractivity contribution in [2.45, 2.75) is 12.4 Å². The van der Waals surface area contributed by atoms with Gasteiger partial charge in [-0.3, -0.25) is 0 Å². The van der Waals surface area contributed by atoms with Gasteiger partial charge in [0.25, 0.3) is 0 Å². The van der Waals surface area contributed by atoms with Crippen molar-refractivity contribution in [3.05, 3.63) is 192 Å². The van der Waals surface area contributed by atoms with Crippen LogP contribution in [0.15, 0.2) is 164 Å². The molecule has 0 aliphatic carbocycles. The molecule has 0 spiro atoms. The highest BCUT2D eigenvalue weighted by atomic mass is 19.4. The molecule has 8 aromatic carbocycles. The van der Waals surface area contributed by atoms with Gasteiger partial charge < -0.3 is 9.13 Å². The third-order valence-corrected chi connectivity index (χ3v) is 11.7. The molecule has 0 saturated heterocycles. The third kappa shape index (κ3) is 6.23. The fraction of sp³-hybridized carbons (Fsp3) is 0.0377. The maximum atomic E-state index is 14.9. The minimum absolute atomic E-state index is 0.192. The number of hydrogen-bond donors (Lipinski definition) is 0. The number of para-hydroxylation sites is 2. The highest BCUT2D eigenvalue weighted by molar-refractivity contribution is 6.13. The second kappa shape index (κ2) is 14.8. The van der Waals surface area contributed by atoms with Gasteiger partial charge in [0.1, 0.15) is 0 Å². The van der Waals surface area contributed by atoms with Gasteiger partial charge in [-0.1, -0.05) is 91.0 Å². The van der Waals surface area contributed by atoms with E-state index in [1.807, 2.05) is 114 Å². The van der Waals surface area contributed by atoms with Gasteiger partial charge in [-0.2, -0.15) is 42.1 Å². The van der Waals surface area contributed by atoms with Gasteiger partial charge in [0.2, 0.25) is 0 Å². The summed E-state index contributed by atoms with van der Waals surface area (Å²) >= 11 is 0. The second-order valence-corrected chi connectivity index (χ2v) is 15.2. The minimum Gasteiger partial charge on any atom is -0.307 e. The zero-order valence-electron chi connectivity index (χ0n) is 33.1. The Kier molecular flexibility index (Phi) is 9.14. The molecular weight excluding hydrogens is 821 g/mol. The summed E-state index contributed by atoms with van der Waals surface area (Å²) in [6, 6.07) is 51.2. The average molecular weight is 848 g/mol. The van der Waals surface area contributed by atoms with Crippen molar-refractivity contribution in [2.24, 2.45) is 0 Å². The number of nitriles is 3. The van der Waals surface area contributed by atoms with Crippen molar-refractivity contribution >= 4 is 43.6 Å². The van der Waals surface area contributed by atoms with Gasteiger partial charge in [-0.15, -0.1) is 0 Å². The first-order valence-corrected chi connectivity index (χ1v) is 19.8. The first kappa shape index (κ1) is 39.5. The van der Waals surface area contributed by atoms with E-state index in [9.17, 15) is 42.1 Å². The van der Waals surface area contributed by atoms with E-state index in [0.29, 0.717) is 73.6 Å². The molecule has 11 heteroatoms. The number of fused-ring (bicyclic) bond motifs is 6. The molecule has 0 radical (unpaired) electrons. The minimum atomic E-state index is -5.22. The number of rotatable bonds is 5. The fourth-order valence-electron chi connectivity index (χ4n) is 9.01. The van der Waals surface area contributed by atoms with E-state index in [0.717, 1.165) is 27.3 Å². The third-order valence-electron chi connectivity index (χ3n) is 11.7. The lowest BCUT2D eigenvalue weighted by atomic mass is 9.89. The van der Waals surface area contributed by atoms with Crippen molar-refractivity contribution in [3.8, 4) is 63.0 Å². The van der Waals surface area contributed by atoms with E-state index in [1.165, 1.54) is 12.1 Å². The fourth-order valence-corrected chi connectivity index (χ4v) is 9.01. The molecule has 0 amide bonds. The average Bonchev–Trinajstić information content (AvgIpc) is 3.82. The molecule has 0 aliphatic rings. The number of halogens is 6. The van der Waals surface area contributed by atoms with Gasteiger partial charge in [0, 0.05) is 32.7 Å². The number of benzene rings is 8. The van der Waals surface area contributed by atoms with Gasteiger partial charge in [0.15, 0.2) is 0 Å². The molecule has 2 aromatic heterocycles. The molecular formula is C53H27F6N5. The molecule has 0 N–H and O–H groups in total. The van der Waals surface area contributed by atoms with Crippen LogP contribution >= 0.6 is 0 Å². The van der Waals surface area contributed by atoms with Crippen molar-refractivity contribution in [3.63, 3.8) is 0 Å². The Morgan fingerprint density at radius 3 is 1.22 bits per heavy atom. The highest BCUT2D eigenvalue weighted by Crippen LogP contribution is 2.48. The van der Waals surface area contributed by atoms with Crippen LogP contribution in [0.2, 0.25) is 0 Å². The van der Waals surface area contributed by atoms with E-state index in [-0.39, 0.29) is 5.69 Å².